The highest BCUT2D eigenvalue weighted by atomic mass is 16.5. The van der Waals surface area contributed by atoms with Crippen LogP contribution in [-0.4, -0.2) is 19.1 Å². The molecule has 4 fully saturated rings. The summed E-state index contributed by atoms with van der Waals surface area (Å²) in [5.74, 6) is 3.39. The van der Waals surface area contributed by atoms with Crippen LogP contribution < -0.4 is 10.1 Å². The van der Waals surface area contributed by atoms with E-state index in [0.29, 0.717) is 11.2 Å². The van der Waals surface area contributed by atoms with Crippen LogP contribution in [0.4, 0.5) is 0 Å². The van der Waals surface area contributed by atoms with Crippen molar-refractivity contribution < 1.29 is 9.53 Å². The minimum Gasteiger partial charge on any atom is -0.479 e. The van der Waals surface area contributed by atoms with E-state index in [-0.39, 0.29) is 12.5 Å². The fourth-order valence-corrected chi connectivity index (χ4v) is 5.80. The molecule has 0 aromatic heterocycles. The van der Waals surface area contributed by atoms with Crippen molar-refractivity contribution in [1.29, 1.82) is 5.26 Å². The number of rotatable bonds is 6. The van der Waals surface area contributed by atoms with Crippen molar-refractivity contribution in [2.75, 3.05) is 13.2 Å². The molecule has 0 saturated heterocycles. The molecule has 0 atom stereocenters. The molecule has 4 aliphatic rings. The third-order valence-electron chi connectivity index (χ3n) is 6.41. The van der Waals surface area contributed by atoms with Gasteiger partial charge >= 0.3 is 0 Å². The SMILES string of the molecule is N#CCOc1ccc(/C=C/C(=O)NCC23CC4CC(CC(C4)C2)C3)cc1. The summed E-state index contributed by atoms with van der Waals surface area (Å²) in [4.78, 5) is 12.3. The molecule has 4 bridgehead atoms. The standard InChI is InChI=1S/C22H26N2O2/c23-7-8-26-20-4-1-16(2-5-20)3-6-21(25)24-15-22-12-17-9-18(13-22)11-19(10-17)14-22/h1-6,17-19H,8-15H2,(H,24,25)/b6-3+. The average molecular weight is 350 g/mol. The molecule has 26 heavy (non-hydrogen) atoms. The van der Waals surface area contributed by atoms with E-state index in [1.54, 1.807) is 6.08 Å². The van der Waals surface area contributed by atoms with E-state index in [2.05, 4.69) is 5.32 Å². The molecule has 136 valence electrons. The number of carbonyl (C=O) groups is 1. The first kappa shape index (κ1) is 17.1. The third kappa shape index (κ3) is 3.77. The first-order chi connectivity index (χ1) is 12.6. The molecule has 4 nitrogen and oxygen atoms in total. The van der Waals surface area contributed by atoms with Crippen molar-refractivity contribution in [2.45, 2.75) is 38.5 Å². The highest BCUT2D eigenvalue weighted by Gasteiger charge is 2.50. The molecule has 0 unspecified atom stereocenters. The van der Waals surface area contributed by atoms with Gasteiger partial charge in [0.2, 0.25) is 5.91 Å². The van der Waals surface area contributed by atoms with Gasteiger partial charge in [0.15, 0.2) is 6.61 Å². The first-order valence-electron chi connectivity index (χ1n) is 9.70. The predicted molar refractivity (Wildman–Crippen MR) is 100 cm³/mol. The molecule has 0 radical (unpaired) electrons. The zero-order chi connectivity index (χ0) is 18.0. The van der Waals surface area contributed by atoms with Gasteiger partial charge in [0.1, 0.15) is 11.8 Å². The average Bonchev–Trinajstić information content (AvgIpc) is 2.63. The highest BCUT2D eigenvalue weighted by Crippen LogP contribution is 2.59. The summed E-state index contributed by atoms with van der Waals surface area (Å²) in [7, 11) is 0. The van der Waals surface area contributed by atoms with Gasteiger partial charge in [-0.3, -0.25) is 4.79 Å². The summed E-state index contributed by atoms with van der Waals surface area (Å²) >= 11 is 0. The number of benzene rings is 1. The quantitative estimate of drug-likeness (QED) is 0.791. The second-order valence-electron chi connectivity index (χ2n) is 8.48. The van der Waals surface area contributed by atoms with Crippen molar-refractivity contribution in [3.63, 3.8) is 0 Å². The molecule has 0 spiro atoms. The summed E-state index contributed by atoms with van der Waals surface area (Å²) in [6, 6.07) is 9.33. The highest BCUT2D eigenvalue weighted by molar-refractivity contribution is 5.91. The molecule has 4 saturated carbocycles. The Morgan fingerprint density at radius 1 is 1.15 bits per heavy atom. The van der Waals surface area contributed by atoms with Crippen molar-refractivity contribution in [3.05, 3.63) is 35.9 Å². The second kappa shape index (κ2) is 7.15. The molecule has 5 rings (SSSR count). The summed E-state index contributed by atoms with van der Waals surface area (Å²) in [5.41, 5.74) is 1.32. The van der Waals surface area contributed by atoms with E-state index in [1.165, 1.54) is 38.5 Å². The van der Waals surface area contributed by atoms with Crippen LogP contribution in [0.1, 0.15) is 44.1 Å². The van der Waals surface area contributed by atoms with E-state index in [4.69, 9.17) is 10.00 Å². The Bertz CT molecular complexity index is 694. The maximum atomic E-state index is 12.3. The van der Waals surface area contributed by atoms with Crippen LogP contribution in [-0.2, 0) is 4.79 Å². The van der Waals surface area contributed by atoms with Crippen LogP contribution in [0.15, 0.2) is 30.3 Å². The maximum absolute atomic E-state index is 12.3. The Morgan fingerprint density at radius 3 is 2.35 bits per heavy atom. The number of hydrogen-bond acceptors (Lipinski definition) is 3. The molecule has 4 aliphatic carbocycles. The van der Waals surface area contributed by atoms with Gasteiger partial charge in [0, 0.05) is 12.6 Å². The lowest BCUT2D eigenvalue weighted by Crippen LogP contribution is -2.51. The molecule has 1 aromatic carbocycles. The number of nitriles is 1. The lowest BCUT2D eigenvalue weighted by Gasteiger charge is -2.56. The third-order valence-corrected chi connectivity index (χ3v) is 6.41. The molecule has 1 aromatic rings. The Balaban J connectivity index is 1.29. The van der Waals surface area contributed by atoms with Gasteiger partial charge < -0.3 is 10.1 Å². The minimum atomic E-state index is -0.00875. The summed E-state index contributed by atoms with van der Waals surface area (Å²) in [5, 5.41) is 11.7. The Kier molecular flexibility index (Phi) is 4.72. The largest absolute Gasteiger partial charge is 0.479 e. The van der Waals surface area contributed by atoms with Gasteiger partial charge in [-0.1, -0.05) is 12.1 Å². The lowest BCUT2D eigenvalue weighted by molar-refractivity contribution is -0.118. The van der Waals surface area contributed by atoms with Gasteiger partial charge in [-0.15, -0.1) is 0 Å². The topological polar surface area (TPSA) is 62.1 Å². The molecule has 0 heterocycles. The van der Waals surface area contributed by atoms with E-state index < -0.39 is 0 Å². The monoisotopic (exact) mass is 350 g/mol. The lowest BCUT2D eigenvalue weighted by atomic mass is 9.49. The van der Waals surface area contributed by atoms with E-state index in [1.807, 2.05) is 36.4 Å². The van der Waals surface area contributed by atoms with Crippen LogP contribution in [0.5, 0.6) is 5.75 Å². The van der Waals surface area contributed by atoms with Crippen molar-refractivity contribution >= 4 is 12.0 Å². The van der Waals surface area contributed by atoms with Crippen LogP contribution in [0, 0.1) is 34.5 Å². The molecule has 0 aliphatic heterocycles. The van der Waals surface area contributed by atoms with Crippen molar-refractivity contribution in [2.24, 2.45) is 23.2 Å². The van der Waals surface area contributed by atoms with Crippen molar-refractivity contribution in [3.8, 4) is 11.8 Å². The zero-order valence-corrected chi connectivity index (χ0v) is 15.1. The normalized spacial score (nSPS) is 31.7. The number of carbonyl (C=O) groups excluding carboxylic acids is 1. The number of hydrogen-bond donors (Lipinski definition) is 1. The van der Waals surface area contributed by atoms with E-state index in [0.717, 1.165) is 29.9 Å². The molecule has 1 N–H and O–H groups in total. The van der Waals surface area contributed by atoms with Gasteiger partial charge in [-0.2, -0.15) is 5.26 Å². The van der Waals surface area contributed by atoms with E-state index in [9.17, 15) is 4.79 Å². The second-order valence-corrected chi connectivity index (χ2v) is 8.48. The van der Waals surface area contributed by atoms with Gasteiger partial charge in [0.25, 0.3) is 0 Å². The molecular weight excluding hydrogens is 324 g/mol. The summed E-state index contributed by atoms with van der Waals surface area (Å²) in [6.07, 6.45) is 11.7. The van der Waals surface area contributed by atoms with Crippen LogP contribution in [0.3, 0.4) is 0 Å². The van der Waals surface area contributed by atoms with Crippen molar-refractivity contribution in [1.82, 2.24) is 5.32 Å². The Morgan fingerprint density at radius 2 is 1.77 bits per heavy atom. The number of amides is 1. The van der Waals surface area contributed by atoms with Gasteiger partial charge in [-0.05, 0) is 85.5 Å². The smallest absolute Gasteiger partial charge is 0.244 e. The predicted octanol–water partition coefficient (Wildman–Crippen LogP) is 3.93. The Labute approximate surface area is 155 Å². The summed E-state index contributed by atoms with van der Waals surface area (Å²) < 4.78 is 5.23. The van der Waals surface area contributed by atoms with E-state index >= 15 is 0 Å². The van der Waals surface area contributed by atoms with Gasteiger partial charge in [-0.25, -0.2) is 0 Å². The number of nitrogens with zero attached hydrogens (tertiary/aromatic N) is 1. The zero-order valence-electron chi connectivity index (χ0n) is 15.1. The summed E-state index contributed by atoms with van der Waals surface area (Å²) in [6.45, 7) is 0.878. The molecule has 1 amide bonds. The molecule has 4 heteroatoms. The molecular formula is C22H26N2O2. The van der Waals surface area contributed by atoms with Crippen LogP contribution in [0.2, 0.25) is 0 Å². The van der Waals surface area contributed by atoms with Gasteiger partial charge in [0.05, 0.1) is 0 Å². The number of nitrogens with one attached hydrogen (secondary N) is 1. The fraction of sp³-hybridized carbons (Fsp3) is 0.545. The number of ether oxygens (including phenoxy) is 1. The maximum Gasteiger partial charge on any atom is 0.244 e. The fourth-order valence-electron chi connectivity index (χ4n) is 5.80. The minimum absolute atomic E-state index is 0.00875. The van der Waals surface area contributed by atoms with Crippen LogP contribution in [0.25, 0.3) is 6.08 Å². The van der Waals surface area contributed by atoms with Crippen LogP contribution >= 0.6 is 0 Å². The first-order valence-corrected chi connectivity index (χ1v) is 9.70. The Hall–Kier alpha value is -2.28.